The number of amides is 1. The van der Waals surface area contributed by atoms with E-state index in [1.807, 2.05) is 4.90 Å². The molecule has 6 rings (SSSR count). The number of methoxy groups -OCH3 is 1. The molecule has 0 spiro atoms. The van der Waals surface area contributed by atoms with Gasteiger partial charge in [-0.2, -0.15) is 13.2 Å². The van der Waals surface area contributed by atoms with Crippen molar-refractivity contribution in [3.8, 4) is 0 Å². The van der Waals surface area contributed by atoms with Crippen LogP contribution in [0.3, 0.4) is 0 Å². The molecule has 4 heterocycles. The molecular weight excluding hydrogens is 509 g/mol. The van der Waals surface area contributed by atoms with Gasteiger partial charge in [0.2, 0.25) is 5.91 Å². The first-order chi connectivity index (χ1) is 17.7. The predicted octanol–water partition coefficient (Wildman–Crippen LogP) is 3.89. The van der Waals surface area contributed by atoms with Crippen LogP contribution < -0.4 is 10.2 Å². The molecule has 2 saturated carbocycles. The molecule has 7 atom stereocenters. The number of ether oxygens (including phenoxy) is 2. The van der Waals surface area contributed by atoms with Gasteiger partial charge in [-0.3, -0.25) is 4.79 Å². The summed E-state index contributed by atoms with van der Waals surface area (Å²) < 4.78 is 50.3. The van der Waals surface area contributed by atoms with Gasteiger partial charge in [0.25, 0.3) is 0 Å². The second kappa shape index (κ2) is 9.54. The van der Waals surface area contributed by atoms with Crippen molar-refractivity contribution in [2.24, 2.45) is 11.3 Å². The number of nitrogens with zero attached hydrogens (tertiary/aromatic N) is 3. The number of hydrogen-bond acceptors (Lipinski definition) is 6. The Labute approximate surface area is 220 Å². The van der Waals surface area contributed by atoms with Crippen LogP contribution in [-0.4, -0.2) is 79.5 Å². The maximum atomic E-state index is 14.1. The molecule has 0 unspecified atom stereocenters. The zero-order valence-corrected chi connectivity index (χ0v) is 21.7. The summed E-state index contributed by atoms with van der Waals surface area (Å²) in [6, 6.07) is 1.54. The highest BCUT2D eigenvalue weighted by Crippen LogP contribution is 2.56. The molecule has 1 aromatic heterocycles. The second-order valence-corrected chi connectivity index (χ2v) is 11.9. The number of hydrogen-bond donors (Lipinski definition) is 1. The van der Waals surface area contributed by atoms with Crippen molar-refractivity contribution in [1.82, 2.24) is 15.2 Å². The summed E-state index contributed by atoms with van der Waals surface area (Å²) in [6.45, 7) is 2.44. The normalized spacial score (nSPS) is 37.4. The number of carbonyl (C=O) groups is 1. The number of carbonyl (C=O) groups excluding carboxylic acids is 1. The van der Waals surface area contributed by atoms with E-state index < -0.39 is 11.7 Å². The molecule has 0 radical (unpaired) electrons. The SMILES string of the molecule is CO[C@@H]1COCC[C@@H]1N[C@@H]1C[C@H]2CCC[C@@]2(C(=O)N2C[C@H]3C[C@H]2CN3c2ncc(C(F)(F)F)cc2Cl)C1. The fourth-order valence-electron chi connectivity index (χ4n) is 7.81. The Hall–Kier alpha value is -1.62. The third kappa shape index (κ3) is 4.41. The average molecular weight is 543 g/mol. The maximum absolute atomic E-state index is 14.1. The standard InChI is InChI=1S/C26H34ClF3N4O3/c1-36-22-14-37-6-4-21(22)32-17-7-15-3-2-5-25(15,10-17)24(35)34-13-18-9-19(34)12-33(18)23-20(27)8-16(11-31-23)26(28,29)30/h8,11,15,17-19,21-22,32H,2-7,9-10,12-14H2,1H3/t15-,17-,18-,19+,21+,22-,25-/m1/s1. The minimum atomic E-state index is -4.48. The van der Waals surface area contributed by atoms with Crippen LogP contribution in [0.5, 0.6) is 0 Å². The number of alkyl halides is 3. The Morgan fingerprint density at radius 2 is 2.11 bits per heavy atom. The quantitative estimate of drug-likeness (QED) is 0.609. The Bertz CT molecular complexity index is 1040. The Morgan fingerprint density at radius 1 is 1.27 bits per heavy atom. The first-order valence-corrected chi connectivity index (χ1v) is 13.7. The zero-order chi connectivity index (χ0) is 25.9. The first kappa shape index (κ1) is 25.6. The average Bonchev–Trinajstić information content (AvgIpc) is 3.63. The summed E-state index contributed by atoms with van der Waals surface area (Å²) in [5, 5.41) is 3.82. The highest BCUT2D eigenvalue weighted by molar-refractivity contribution is 6.33. The number of fused-ring (bicyclic) bond motifs is 3. The van der Waals surface area contributed by atoms with E-state index in [0.717, 1.165) is 63.8 Å². The number of halogens is 4. The number of nitrogens with one attached hydrogen (secondary N) is 1. The van der Waals surface area contributed by atoms with Gasteiger partial charge in [0.05, 0.1) is 40.8 Å². The van der Waals surface area contributed by atoms with Gasteiger partial charge in [0, 0.05) is 45.1 Å². The number of likely N-dealkylation sites (tertiary alicyclic amines) is 1. The summed E-state index contributed by atoms with van der Waals surface area (Å²) in [4.78, 5) is 22.2. The minimum Gasteiger partial charge on any atom is -0.379 e. The molecule has 2 aliphatic carbocycles. The van der Waals surface area contributed by atoms with Crippen molar-refractivity contribution in [1.29, 1.82) is 0 Å². The van der Waals surface area contributed by atoms with E-state index in [9.17, 15) is 18.0 Å². The molecular formula is C26H34ClF3N4O3. The summed E-state index contributed by atoms with van der Waals surface area (Å²) in [5.41, 5.74) is -1.17. The molecule has 1 N–H and O–H groups in total. The van der Waals surface area contributed by atoms with Crippen molar-refractivity contribution in [3.05, 3.63) is 22.8 Å². The third-order valence-corrected chi connectivity index (χ3v) is 9.82. The summed E-state index contributed by atoms with van der Waals surface area (Å²) in [6.07, 6.45) is 3.07. The second-order valence-electron chi connectivity index (χ2n) is 11.5. The molecule has 2 bridgehead atoms. The largest absolute Gasteiger partial charge is 0.417 e. The van der Waals surface area contributed by atoms with Gasteiger partial charge >= 0.3 is 6.18 Å². The smallest absolute Gasteiger partial charge is 0.379 e. The summed E-state index contributed by atoms with van der Waals surface area (Å²) >= 11 is 6.24. The van der Waals surface area contributed by atoms with Crippen molar-refractivity contribution >= 4 is 23.3 Å². The monoisotopic (exact) mass is 542 g/mol. The van der Waals surface area contributed by atoms with Gasteiger partial charge in [-0.05, 0) is 50.5 Å². The van der Waals surface area contributed by atoms with Crippen LogP contribution in [-0.2, 0) is 20.4 Å². The van der Waals surface area contributed by atoms with E-state index in [4.69, 9.17) is 21.1 Å². The van der Waals surface area contributed by atoms with E-state index in [2.05, 4.69) is 15.2 Å². The molecule has 5 fully saturated rings. The van der Waals surface area contributed by atoms with Crippen molar-refractivity contribution < 1.29 is 27.4 Å². The first-order valence-electron chi connectivity index (χ1n) is 13.4. The van der Waals surface area contributed by atoms with Crippen LogP contribution in [0.1, 0.15) is 50.5 Å². The highest BCUT2D eigenvalue weighted by Gasteiger charge is 2.59. The summed E-state index contributed by atoms with van der Waals surface area (Å²) in [7, 11) is 1.72. The fraction of sp³-hybridized carbons (Fsp3) is 0.769. The molecule has 204 valence electrons. The van der Waals surface area contributed by atoms with Gasteiger partial charge in [0.15, 0.2) is 0 Å². The van der Waals surface area contributed by atoms with E-state index in [1.165, 1.54) is 0 Å². The van der Waals surface area contributed by atoms with Crippen molar-refractivity contribution in [2.75, 3.05) is 38.3 Å². The lowest BCUT2D eigenvalue weighted by Gasteiger charge is -2.40. The topological polar surface area (TPSA) is 66.9 Å². The Morgan fingerprint density at radius 3 is 2.81 bits per heavy atom. The lowest BCUT2D eigenvalue weighted by Crippen LogP contribution is -2.54. The van der Waals surface area contributed by atoms with Crippen LogP contribution in [0, 0.1) is 11.3 Å². The van der Waals surface area contributed by atoms with Gasteiger partial charge in [0.1, 0.15) is 5.82 Å². The van der Waals surface area contributed by atoms with Gasteiger partial charge in [-0.25, -0.2) is 4.98 Å². The molecule has 11 heteroatoms. The molecule has 3 saturated heterocycles. The molecule has 5 aliphatic rings. The molecule has 0 aromatic carbocycles. The van der Waals surface area contributed by atoms with Crippen molar-refractivity contribution in [2.45, 2.75) is 81.4 Å². The lowest BCUT2D eigenvalue weighted by atomic mass is 9.78. The number of rotatable bonds is 5. The van der Waals surface area contributed by atoms with E-state index >= 15 is 0 Å². The molecule has 3 aliphatic heterocycles. The highest BCUT2D eigenvalue weighted by atomic mass is 35.5. The van der Waals surface area contributed by atoms with E-state index in [-0.39, 0.29) is 40.6 Å². The van der Waals surface area contributed by atoms with Gasteiger partial charge in [-0.1, -0.05) is 18.0 Å². The van der Waals surface area contributed by atoms with Crippen LogP contribution in [0.2, 0.25) is 5.02 Å². The number of aromatic nitrogens is 1. The fourth-order valence-corrected chi connectivity index (χ4v) is 8.09. The molecule has 1 amide bonds. The molecule has 7 nitrogen and oxygen atoms in total. The van der Waals surface area contributed by atoms with Crippen LogP contribution in [0.25, 0.3) is 0 Å². The minimum absolute atomic E-state index is 0.00175. The Kier molecular flexibility index (Phi) is 6.61. The van der Waals surface area contributed by atoms with Crippen LogP contribution >= 0.6 is 11.6 Å². The third-order valence-electron chi connectivity index (χ3n) is 9.54. The van der Waals surface area contributed by atoms with E-state index in [1.54, 1.807) is 7.11 Å². The van der Waals surface area contributed by atoms with Gasteiger partial charge < -0.3 is 24.6 Å². The number of piperazine rings is 1. The van der Waals surface area contributed by atoms with E-state index in [0.29, 0.717) is 37.5 Å². The van der Waals surface area contributed by atoms with Crippen molar-refractivity contribution in [3.63, 3.8) is 0 Å². The van der Waals surface area contributed by atoms with Crippen LogP contribution in [0.4, 0.5) is 19.0 Å². The predicted molar refractivity (Wildman–Crippen MR) is 131 cm³/mol. The molecule has 37 heavy (non-hydrogen) atoms. The maximum Gasteiger partial charge on any atom is 0.417 e. The van der Waals surface area contributed by atoms with Gasteiger partial charge in [-0.15, -0.1) is 0 Å². The Balaban J connectivity index is 1.13. The lowest BCUT2D eigenvalue weighted by molar-refractivity contribution is -0.144. The summed E-state index contributed by atoms with van der Waals surface area (Å²) in [5.74, 6) is 1.04. The zero-order valence-electron chi connectivity index (χ0n) is 21.0. The van der Waals surface area contributed by atoms with Crippen LogP contribution in [0.15, 0.2) is 12.3 Å². The molecule has 1 aromatic rings. The number of anilines is 1. The number of pyridine rings is 1.